The van der Waals surface area contributed by atoms with E-state index in [1.54, 1.807) is 11.6 Å². The summed E-state index contributed by atoms with van der Waals surface area (Å²) in [6, 6.07) is 6.49. The Morgan fingerprint density at radius 3 is 2.66 bits per heavy atom. The Kier molecular flexibility index (Phi) is 7.69. The number of carbonyl (C=O) groups excluding carboxylic acids is 2. The molecule has 0 atom stereocenters. The fourth-order valence-corrected chi connectivity index (χ4v) is 5.39. The van der Waals surface area contributed by atoms with Crippen molar-refractivity contribution < 1.29 is 27.5 Å². The minimum absolute atomic E-state index is 0.0289. The molecule has 4 aromatic heterocycles. The molecular formula is C26H21ClF3N7O3S. The molecule has 4 heterocycles. The Morgan fingerprint density at radius 1 is 1.22 bits per heavy atom. The number of nitrogens with one attached hydrogen (secondary N) is 1. The van der Waals surface area contributed by atoms with Crippen LogP contribution in [0.15, 0.2) is 42.7 Å². The lowest BCUT2D eigenvalue weighted by molar-refractivity contribution is 0.100. The summed E-state index contributed by atoms with van der Waals surface area (Å²) in [4.78, 5) is 29.7. The molecule has 2 amide bonds. The predicted octanol–water partition coefficient (Wildman–Crippen LogP) is 5.80. The third-order valence-electron chi connectivity index (χ3n) is 6.19. The number of pyridine rings is 1. The highest BCUT2D eigenvalue weighted by Crippen LogP contribution is 2.43. The zero-order chi connectivity index (χ0) is 29.4. The van der Waals surface area contributed by atoms with Gasteiger partial charge < -0.3 is 15.8 Å². The van der Waals surface area contributed by atoms with Crippen molar-refractivity contribution in [1.29, 1.82) is 0 Å². The molecule has 3 N–H and O–H groups in total. The van der Waals surface area contributed by atoms with Crippen LogP contribution in [0.25, 0.3) is 21.3 Å². The number of primary amides is 1. The quantitative estimate of drug-likeness (QED) is 0.219. The summed E-state index contributed by atoms with van der Waals surface area (Å²) in [7, 11) is 0. The molecule has 15 heteroatoms. The third kappa shape index (κ3) is 5.47. The maximum atomic E-state index is 13.8. The van der Waals surface area contributed by atoms with Crippen LogP contribution in [0.3, 0.4) is 0 Å². The van der Waals surface area contributed by atoms with Gasteiger partial charge in [-0.2, -0.15) is 10.2 Å². The number of benzene rings is 1. The molecule has 0 spiro atoms. The van der Waals surface area contributed by atoms with Crippen LogP contribution in [0.1, 0.15) is 44.9 Å². The highest BCUT2D eigenvalue weighted by molar-refractivity contribution is 7.21. The maximum Gasteiger partial charge on any atom is 0.280 e. The number of hydrogen-bond donors (Lipinski definition) is 2. The number of aryl methyl sites for hydroxylation is 1. The van der Waals surface area contributed by atoms with E-state index < -0.39 is 29.8 Å². The lowest BCUT2D eigenvalue weighted by Gasteiger charge is -2.10. The minimum atomic E-state index is -2.88. The molecule has 0 saturated heterocycles. The number of ether oxygens (including phenoxy) is 1. The van der Waals surface area contributed by atoms with Gasteiger partial charge in [-0.3, -0.25) is 14.3 Å². The predicted molar refractivity (Wildman–Crippen MR) is 147 cm³/mol. The molecule has 1 aromatic carbocycles. The number of amides is 2. The molecular weight excluding hydrogens is 583 g/mol. The SMILES string of the molecule is CCn1ncc(-c2cc(C(F)F)nc3sc(C(N)=O)c(NC(=O)c4ccn(COc5ccc(F)c(Cl)c5)n4)c23)c1C. The zero-order valence-electron chi connectivity index (χ0n) is 21.5. The molecule has 10 nitrogen and oxygen atoms in total. The monoisotopic (exact) mass is 603 g/mol. The van der Waals surface area contributed by atoms with Crippen molar-refractivity contribution in [3.05, 3.63) is 75.5 Å². The van der Waals surface area contributed by atoms with Crippen LogP contribution < -0.4 is 15.8 Å². The zero-order valence-corrected chi connectivity index (χ0v) is 23.1. The summed E-state index contributed by atoms with van der Waals surface area (Å²) < 4.78 is 49.5. The molecule has 0 aliphatic rings. The number of thiophene rings is 1. The molecule has 0 radical (unpaired) electrons. The summed E-state index contributed by atoms with van der Waals surface area (Å²) in [5, 5.41) is 11.3. The number of anilines is 1. The first-order valence-corrected chi connectivity index (χ1v) is 13.3. The van der Waals surface area contributed by atoms with E-state index in [9.17, 15) is 22.8 Å². The van der Waals surface area contributed by atoms with E-state index in [-0.39, 0.29) is 38.2 Å². The van der Waals surface area contributed by atoms with Crippen LogP contribution in [0.4, 0.5) is 18.9 Å². The van der Waals surface area contributed by atoms with Crippen LogP contribution in [0.2, 0.25) is 5.02 Å². The smallest absolute Gasteiger partial charge is 0.280 e. The molecule has 0 fully saturated rings. The van der Waals surface area contributed by atoms with Gasteiger partial charge in [-0.1, -0.05) is 11.6 Å². The highest BCUT2D eigenvalue weighted by Gasteiger charge is 2.27. The van der Waals surface area contributed by atoms with Crippen LogP contribution in [0.5, 0.6) is 5.75 Å². The molecule has 5 rings (SSSR count). The first-order valence-electron chi connectivity index (χ1n) is 12.1. The number of nitrogens with two attached hydrogens (primary N) is 1. The van der Waals surface area contributed by atoms with Gasteiger partial charge in [0.2, 0.25) is 0 Å². The largest absolute Gasteiger partial charge is 0.471 e. The lowest BCUT2D eigenvalue weighted by atomic mass is 10.0. The van der Waals surface area contributed by atoms with Gasteiger partial charge in [-0.05, 0) is 43.7 Å². The molecule has 212 valence electrons. The van der Waals surface area contributed by atoms with Crippen LogP contribution in [-0.4, -0.2) is 36.4 Å². The van der Waals surface area contributed by atoms with Crippen molar-refractivity contribution in [2.75, 3.05) is 5.32 Å². The van der Waals surface area contributed by atoms with Crippen molar-refractivity contribution in [3.63, 3.8) is 0 Å². The molecule has 0 aliphatic heterocycles. The van der Waals surface area contributed by atoms with E-state index in [1.165, 1.54) is 41.3 Å². The average Bonchev–Trinajstić information content (AvgIpc) is 3.66. The van der Waals surface area contributed by atoms with Gasteiger partial charge in [0.1, 0.15) is 27.0 Å². The maximum absolute atomic E-state index is 13.8. The summed E-state index contributed by atoms with van der Waals surface area (Å²) in [6.45, 7) is 4.10. The van der Waals surface area contributed by atoms with E-state index in [2.05, 4.69) is 20.5 Å². The van der Waals surface area contributed by atoms with Crippen molar-refractivity contribution in [2.24, 2.45) is 5.73 Å². The first-order chi connectivity index (χ1) is 19.6. The van der Waals surface area contributed by atoms with Crippen molar-refractivity contribution in [3.8, 4) is 16.9 Å². The molecule has 0 saturated carbocycles. The van der Waals surface area contributed by atoms with E-state index in [4.69, 9.17) is 22.1 Å². The number of aromatic nitrogens is 5. The second-order valence-corrected chi connectivity index (χ2v) is 10.2. The van der Waals surface area contributed by atoms with Crippen LogP contribution >= 0.6 is 22.9 Å². The fraction of sp³-hybridized carbons (Fsp3) is 0.192. The molecule has 0 unspecified atom stereocenters. The number of fused-ring (bicyclic) bond motifs is 1. The Labute approximate surface area is 239 Å². The fourth-order valence-electron chi connectivity index (χ4n) is 4.20. The van der Waals surface area contributed by atoms with Crippen molar-refractivity contribution in [1.82, 2.24) is 24.5 Å². The van der Waals surface area contributed by atoms with Crippen LogP contribution in [-0.2, 0) is 13.3 Å². The number of nitrogens with zero attached hydrogens (tertiary/aromatic N) is 5. The van der Waals surface area contributed by atoms with Gasteiger partial charge in [-0.15, -0.1) is 11.3 Å². The Hall–Kier alpha value is -4.43. The molecule has 0 bridgehead atoms. The van der Waals surface area contributed by atoms with Gasteiger partial charge in [0.25, 0.3) is 18.2 Å². The standard InChI is InChI=1S/C26H21ClF3N7O3S/c1-3-37-12(2)15(10-32-37)14-9-19(23(29)30)33-26-20(14)21(22(41-26)24(31)38)34-25(39)18-6-7-36(35-18)11-40-13-4-5-17(28)16(27)8-13/h4-10,23H,3,11H2,1-2H3,(H2,31,38)(H,34,39). The topological polar surface area (TPSA) is 130 Å². The number of carbonyl (C=O) groups is 2. The lowest BCUT2D eigenvalue weighted by Crippen LogP contribution is -2.18. The second kappa shape index (κ2) is 11.2. The number of hydrogen-bond acceptors (Lipinski definition) is 7. The van der Waals surface area contributed by atoms with E-state index in [0.29, 0.717) is 29.1 Å². The van der Waals surface area contributed by atoms with Crippen molar-refractivity contribution in [2.45, 2.75) is 33.5 Å². The second-order valence-electron chi connectivity index (χ2n) is 8.75. The van der Waals surface area contributed by atoms with E-state index in [0.717, 1.165) is 17.4 Å². The Morgan fingerprint density at radius 2 is 2.00 bits per heavy atom. The molecule has 41 heavy (non-hydrogen) atoms. The summed E-state index contributed by atoms with van der Waals surface area (Å²) in [6.07, 6.45) is 0.131. The van der Waals surface area contributed by atoms with Gasteiger partial charge in [0.05, 0.1) is 16.9 Å². The van der Waals surface area contributed by atoms with Crippen molar-refractivity contribution >= 4 is 50.7 Å². The summed E-state index contributed by atoms with van der Waals surface area (Å²) in [5.74, 6) is -1.86. The third-order valence-corrected chi connectivity index (χ3v) is 7.58. The summed E-state index contributed by atoms with van der Waals surface area (Å²) in [5.41, 5.74) is 6.67. The number of alkyl halides is 2. The number of rotatable bonds is 9. The van der Waals surface area contributed by atoms with E-state index >= 15 is 0 Å². The van der Waals surface area contributed by atoms with Gasteiger partial charge in [0.15, 0.2) is 12.4 Å². The molecule has 5 aromatic rings. The Bertz CT molecular complexity index is 1800. The average molecular weight is 604 g/mol. The van der Waals surface area contributed by atoms with Crippen LogP contribution in [0, 0.1) is 12.7 Å². The normalized spacial score (nSPS) is 11.4. The van der Waals surface area contributed by atoms with E-state index in [1.807, 2.05) is 6.92 Å². The molecule has 0 aliphatic carbocycles. The first kappa shape index (κ1) is 28.1. The Balaban J connectivity index is 1.50. The summed E-state index contributed by atoms with van der Waals surface area (Å²) >= 11 is 6.57. The van der Waals surface area contributed by atoms with Gasteiger partial charge in [0, 0.05) is 35.5 Å². The van der Waals surface area contributed by atoms with Gasteiger partial charge >= 0.3 is 0 Å². The van der Waals surface area contributed by atoms with Gasteiger partial charge in [-0.25, -0.2) is 22.8 Å². The number of halogens is 4. The highest BCUT2D eigenvalue weighted by atomic mass is 35.5. The minimum Gasteiger partial charge on any atom is -0.471 e.